The van der Waals surface area contributed by atoms with E-state index in [9.17, 15) is 4.79 Å². The lowest BCUT2D eigenvalue weighted by atomic mass is 10.1. The summed E-state index contributed by atoms with van der Waals surface area (Å²) in [4.78, 5) is 19.2. The van der Waals surface area contributed by atoms with Crippen molar-refractivity contribution < 1.29 is 4.79 Å². The molecule has 1 aliphatic rings. The van der Waals surface area contributed by atoms with E-state index in [1.807, 2.05) is 11.8 Å². The van der Waals surface area contributed by atoms with Gasteiger partial charge in [0, 0.05) is 18.7 Å². The van der Waals surface area contributed by atoms with Crippen LogP contribution in [0.2, 0.25) is 0 Å². The number of nitrogens with one attached hydrogen (secondary N) is 1. The average molecular weight is 359 g/mol. The largest absolute Gasteiger partial charge is 0.342 e. The normalized spacial score (nSPS) is 16.5. The van der Waals surface area contributed by atoms with Crippen LogP contribution < -0.4 is 0 Å². The smallest absolute Gasteiger partial charge is 0.235 e. The summed E-state index contributed by atoms with van der Waals surface area (Å²) in [6, 6.07) is 8.32. The zero-order chi connectivity index (χ0) is 17.6. The van der Waals surface area contributed by atoms with Crippen LogP contribution in [0.5, 0.6) is 0 Å². The Bertz CT molecular complexity index is 690. The number of hydrogen-bond acceptors (Lipinski definition) is 4. The number of carbonyl (C=O) groups excluding carboxylic acids is 1. The number of thioether (sulfide) groups is 1. The molecule has 0 radical (unpaired) electrons. The second-order valence-electron chi connectivity index (χ2n) is 6.52. The second kappa shape index (κ2) is 8.52. The number of aromatic nitrogens is 3. The van der Waals surface area contributed by atoms with E-state index in [-0.39, 0.29) is 11.2 Å². The molecule has 1 saturated heterocycles. The van der Waals surface area contributed by atoms with Crippen LogP contribution >= 0.6 is 11.8 Å². The summed E-state index contributed by atoms with van der Waals surface area (Å²) in [5, 5.41) is 7.73. The minimum absolute atomic E-state index is 0.163. The van der Waals surface area contributed by atoms with Gasteiger partial charge in [-0.1, -0.05) is 55.8 Å². The predicted molar refractivity (Wildman–Crippen MR) is 102 cm³/mol. The van der Waals surface area contributed by atoms with Gasteiger partial charge in [0.15, 0.2) is 5.82 Å². The van der Waals surface area contributed by atoms with Gasteiger partial charge in [-0.2, -0.15) is 0 Å². The van der Waals surface area contributed by atoms with Crippen LogP contribution in [0.4, 0.5) is 0 Å². The number of likely N-dealkylation sites (tertiary alicyclic amines) is 1. The molecule has 3 rings (SSSR count). The van der Waals surface area contributed by atoms with E-state index in [1.165, 1.54) is 30.2 Å². The number of amides is 1. The van der Waals surface area contributed by atoms with E-state index in [1.54, 1.807) is 0 Å². The fraction of sp³-hybridized carbons (Fsp3) is 0.526. The van der Waals surface area contributed by atoms with Crippen LogP contribution in [-0.4, -0.2) is 44.3 Å². The molecule has 2 heterocycles. The van der Waals surface area contributed by atoms with Gasteiger partial charge in [-0.25, -0.2) is 4.98 Å². The van der Waals surface area contributed by atoms with Gasteiger partial charge in [-0.05, 0) is 31.7 Å². The Morgan fingerprint density at radius 2 is 1.88 bits per heavy atom. The Labute approximate surface area is 153 Å². The molecule has 25 heavy (non-hydrogen) atoms. The second-order valence-corrected chi connectivity index (χ2v) is 7.82. The van der Waals surface area contributed by atoms with Crippen molar-refractivity contribution in [2.45, 2.75) is 56.4 Å². The number of hydrogen-bond donors (Lipinski definition) is 1. The quantitative estimate of drug-likeness (QED) is 0.823. The fourth-order valence-corrected chi connectivity index (χ4v) is 3.89. The van der Waals surface area contributed by atoms with Crippen LogP contribution in [0, 0.1) is 0 Å². The summed E-state index contributed by atoms with van der Waals surface area (Å²) in [7, 11) is 0. The predicted octanol–water partition coefficient (Wildman–Crippen LogP) is 3.92. The van der Waals surface area contributed by atoms with Crippen LogP contribution in [0.3, 0.4) is 0 Å². The Balaban J connectivity index is 1.62. The number of nitrogens with zero attached hydrogens (tertiary/aromatic N) is 3. The maximum absolute atomic E-state index is 12.6. The Morgan fingerprint density at radius 3 is 2.52 bits per heavy atom. The first-order valence-electron chi connectivity index (χ1n) is 9.14. The third kappa shape index (κ3) is 4.63. The highest BCUT2D eigenvalue weighted by molar-refractivity contribution is 8.00. The molecule has 0 bridgehead atoms. The average Bonchev–Trinajstić information content (AvgIpc) is 2.93. The molecular weight excluding hydrogens is 332 g/mol. The maximum atomic E-state index is 12.6. The maximum Gasteiger partial charge on any atom is 0.235 e. The molecule has 1 amide bonds. The van der Waals surface area contributed by atoms with Crippen LogP contribution in [0.1, 0.15) is 45.1 Å². The molecule has 0 spiro atoms. The van der Waals surface area contributed by atoms with E-state index in [2.05, 4.69) is 46.4 Å². The Hall–Kier alpha value is -1.82. The third-order valence-corrected chi connectivity index (χ3v) is 5.60. The Morgan fingerprint density at radius 1 is 1.20 bits per heavy atom. The SMILES string of the molecule is CCc1ccc(-c2nc(S[C@H](C)C(=O)N3CCCCCC3)n[nH]2)cc1. The lowest BCUT2D eigenvalue weighted by Gasteiger charge is -2.23. The molecular formula is C19H26N4OS. The van der Waals surface area contributed by atoms with Crippen molar-refractivity contribution in [3.63, 3.8) is 0 Å². The summed E-state index contributed by atoms with van der Waals surface area (Å²) in [5.41, 5.74) is 2.32. The van der Waals surface area contributed by atoms with Gasteiger partial charge in [0.25, 0.3) is 0 Å². The van der Waals surface area contributed by atoms with Gasteiger partial charge >= 0.3 is 0 Å². The fourth-order valence-electron chi connectivity index (χ4n) is 3.08. The summed E-state index contributed by atoms with van der Waals surface area (Å²) < 4.78 is 0. The first-order chi connectivity index (χ1) is 12.2. The lowest BCUT2D eigenvalue weighted by Crippen LogP contribution is -2.37. The van der Waals surface area contributed by atoms with Gasteiger partial charge < -0.3 is 4.90 Å². The molecule has 1 N–H and O–H groups in total. The highest BCUT2D eigenvalue weighted by Crippen LogP contribution is 2.25. The lowest BCUT2D eigenvalue weighted by molar-refractivity contribution is -0.130. The van der Waals surface area contributed by atoms with Crippen molar-refractivity contribution in [2.75, 3.05) is 13.1 Å². The molecule has 2 aromatic rings. The minimum Gasteiger partial charge on any atom is -0.342 e. The molecule has 1 fully saturated rings. The summed E-state index contributed by atoms with van der Waals surface area (Å²) in [5.74, 6) is 0.949. The van der Waals surface area contributed by atoms with E-state index in [0.29, 0.717) is 5.16 Å². The topological polar surface area (TPSA) is 61.9 Å². The highest BCUT2D eigenvalue weighted by Gasteiger charge is 2.23. The first kappa shape index (κ1) is 18.0. The number of aryl methyl sites for hydroxylation is 1. The molecule has 0 unspecified atom stereocenters. The van der Waals surface area contributed by atoms with Gasteiger partial charge in [-0.3, -0.25) is 9.89 Å². The zero-order valence-electron chi connectivity index (χ0n) is 15.0. The first-order valence-corrected chi connectivity index (χ1v) is 10.0. The summed E-state index contributed by atoms with van der Waals surface area (Å²) >= 11 is 1.43. The van der Waals surface area contributed by atoms with Crippen molar-refractivity contribution in [3.05, 3.63) is 29.8 Å². The van der Waals surface area contributed by atoms with E-state index >= 15 is 0 Å². The highest BCUT2D eigenvalue weighted by atomic mass is 32.2. The molecule has 1 aromatic heterocycles. The number of aromatic amines is 1. The molecule has 0 aliphatic carbocycles. The van der Waals surface area contributed by atoms with Crippen molar-refractivity contribution in [1.82, 2.24) is 20.1 Å². The van der Waals surface area contributed by atoms with E-state index < -0.39 is 0 Å². The van der Waals surface area contributed by atoms with Crippen molar-refractivity contribution >= 4 is 17.7 Å². The number of benzene rings is 1. The van der Waals surface area contributed by atoms with Gasteiger partial charge in [0.05, 0.1) is 5.25 Å². The third-order valence-electron chi connectivity index (χ3n) is 4.65. The van der Waals surface area contributed by atoms with Crippen LogP contribution in [-0.2, 0) is 11.2 Å². The van der Waals surface area contributed by atoms with Crippen molar-refractivity contribution in [1.29, 1.82) is 0 Å². The molecule has 6 heteroatoms. The van der Waals surface area contributed by atoms with Crippen LogP contribution in [0.25, 0.3) is 11.4 Å². The standard InChI is InChI=1S/C19H26N4OS/c1-3-15-8-10-16(11-9-15)17-20-19(22-21-17)25-14(2)18(24)23-12-6-4-5-7-13-23/h8-11,14H,3-7,12-13H2,1-2H3,(H,20,21,22)/t14-/m1/s1. The Kier molecular flexibility index (Phi) is 6.13. The van der Waals surface area contributed by atoms with Gasteiger partial charge in [0.1, 0.15) is 0 Å². The number of carbonyl (C=O) groups is 1. The summed E-state index contributed by atoms with van der Waals surface area (Å²) in [6.07, 6.45) is 5.70. The molecule has 5 nitrogen and oxygen atoms in total. The van der Waals surface area contributed by atoms with Crippen LogP contribution in [0.15, 0.2) is 29.4 Å². The molecule has 0 saturated carbocycles. The minimum atomic E-state index is -0.163. The monoisotopic (exact) mass is 358 g/mol. The summed E-state index contributed by atoms with van der Waals surface area (Å²) in [6.45, 7) is 5.85. The van der Waals surface area contributed by atoms with Crippen molar-refractivity contribution in [2.24, 2.45) is 0 Å². The van der Waals surface area contributed by atoms with Crippen molar-refractivity contribution in [3.8, 4) is 11.4 Å². The molecule has 1 aliphatic heterocycles. The number of H-pyrrole nitrogens is 1. The number of rotatable bonds is 5. The molecule has 134 valence electrons. The molecule has 1 atom stereocenters. The van der Waals surface area contributed by atoms with E-state index in [0.717, 1.165) is 43.7 Å². The van der Waals surface area contributed by atoms with E-state index in [4.69, 9.17) is 0 Å². The molecule has 1 aromatic carbocycles. The van der Waals surface area contributed by atoms with Gasteiger partial charge in [-0.15, -0.1) is 5.10 Å². The zero-order valence-corrected chi connectivity index (χ0v) is 15.8. The van der Waals surface area contributed by atoms with Gasteiger partial charge in [0.2, 0.25) is 11.1 Å².